The number of hydrogen-bond donors (Lipinski definition) is 1. The lowest BCUT2D eigenvalue weighted by atomic mass is 10.4. The highest BCUT2D eigenvalue weighted by Gasteiger charge is 2.07. The predicted octanol–water partition coefficient (Wildman–Crippen LogP) is -0.146. The molecule has 2 heterocycles. The number of nitrogen functional groups attached to an aromatic ring is 1. The lowest BCUT2D eigenvalue weighted by Gasteiger charge is -2.05. The van der Waals surface area contributed by atoms with Crippen LogP contribution in [0.25, 0.3) is 11.0 Å². The first-order valence-corrected chi connectivity index (χ1v) is 3.89. The summed E-state index contributed by atoms with van der Waals surface area (Å²) in [4.78, 5) is 15.0. The first-order valence-electron chi connectivity index (χ1n) is 3.89. The van der Waals surface area contributed by atoms with Crippen LogP contribution < -0.4 is 11.3 Å². The summed E-state index contributed by atoms with van der Waals surface area (Å²) in [5.41, 5.74) is 6.07. The second kappa shape index (κ2) is 2.35. The molecule has 0 spiro atoms. The Kier molecular flexibility index (Phi) is 1.42. The topological polar surface area (TPSA) is 65.8 Å². The van der Waals surface area contributed by atoms with Crippen LogP contribution in [-0.4, -0.2) is 14.1 Å². The molecule has 0 aliphatic rings. The van der Waals surface area contributed by atoms with E-state index < -0.39 is 0 Å². The van der Waals surface area contributed by atoms with E-state index in [4.69, 9.17) is 5.73 Å². The molecule has 68 valence electrons. The minimum Gasteiger partial charge on any atom is -0.369 e. The SMILES string of the molecule is Cn1ccc2c(=O)nc(N)n(C)c21. The van der Waals surface area contributed by atoms with E-state index in [2.05, 4.69) is 4.98 Å². The van der Waals surface area contributed by atoms with Gasteiger partial charge in [0.25, 0.3) is 5.56 Å². The summed E-state index contributed by atoms with van der Waals surface area (Å²) in [5, 5.41) is 0.596. The van der Waals surface area contributed by atoms with Crippen LogP contribution in [0.5, 0.6) is 0 Å². The van der Waals surface area contributed by atoms with Crippen molar-refractivity contribution in [1.82, 2.24) is 14.1 Å². The molecule has 0 aliphatic heterocycles. The van der Waals surface area contributed by atoms with Crippen LogP contribution in [0.4, 0.5) is 5.95 Å². The standard InChI is InChI=1S/C8H10N4O/c1-11-4-3-5-6(13)10-8(9)12(2)7(5)11/h3-4H,1-2H3,(H2,9,10,13). The average molecular weight is 178 g/mol. The molecule has 0 amide bonds. The van der Waals surface area contributed by atoms with Crippen LogP contribution in [0.2, 0.25) is 0 Å². The van der Waals surface area contributed by atoms with E-state index in [-0.39, 0.29) is 11.5 Å². The van der Waals surface area contributed by atoms with Crippen molar-refractivity contribution >= 4 is 17.0 Å². The van der Waals surface area contributed by atoms with Crippen molar-refractivity contribution < 1.29 is 0 Å². The molecule has 2 aromatic rings. The van der Waals surface area contributed by atoms with Gasteiger partial charge in [0.15, 0.2) is 0 Å². The van der Waals surface area contributed by atoms with Crippen molar-refractivity contribution in [2.75, 3.05) is 5.73 Å². The highest BCUT2D eigenvalue weighted by molar-refractivity contribution is 5.76. The van der Waals surface area contributed by atoms with Crippen molar-refractivity contribution in [2.24, 2.45) is 14.1 Å². The van der Waals surface area contributed by atoms with E-state index in [1.54, 1.807) is 17.7 Å². The summed E-state index contributed by atoms with van der Waals surface area (Å²) < 4.78 is 3.53. The zero-order valence-corrected chi connectivity index (χ0v) is 7.48. The monoisotopic (exact) mass is 178 g/mol. The molecule has 0 bridgehead atoms. The minimum absolute atomic E-state index is 0.235. The molecule has 0 fully saturated rings. The quantitative estimate of drug-likeness (QED) is 0.610. The summed E-state index contributed by atoms with van der Waals surface area (Å²) in [6, 6.07) is 1.74. The molecule has 13 heavy (non-hydrogen) atoms. The van der Waals surface area contributed by atoms with E-state index in [1.807, 2.05) is 17.8 Å². The number of hydrogen-bond acceptors (Lipinski definition) is 3. The van der Waals surface area contributed by atoms with Gasteiger partial charge in [-0.2, -0.15) is 4.98 Å². The molecule has 0 radical (unpaired) electrons. The Hall–Kier alpha value is -1.78. The molecular formula is C8H10N4O. The predicted molar refractivity (Wildman–Crippen MR) is 50.4 cm³/mol. The first-order chi connectivity index (χ1) is 6.11. The van der Waals surface area contributed by atoms with Crippen molar-refractivity contribution in [3.8, 4) is 0 Å². The number of nitrogens with zero attached hydrogens (tertiary/aromatic N) is 3. The highest BCUT2D eigenvalue weighted by Crippen LogP contribution is 2.10. The van der Waals surface area contributed by atoms with E-state index in [0.717, 1.165) is 5.65 Å². The van der Waals surface area contributed by atoms with Gasteiger partial charge in [0.1, 0.15) is 5.65 Å². The van der Waals surface area contributed by atoms with Crippen LogP contribution in [0.1, 0.15) is 0 Å². The average Bonchev–Trinajstić information content (AvgIpc) is 2.44. The Morgan fingerprint density at radius 2 is 2.15 bits per heavy atom. The number of rotatable bonds is 0. The molecule has 0 aromatic carbocycles. The maximum absolute atomic E-state index is 11.3. The van der Waals surface area contributed by atoms with Crippen LogP contribution in [0.15, 0.2) is 17.1 Å². The third-order valence-electron chi connectivity index (χ3n) is 2.15. The maximum atomic E-state index is 11.3. The maximum Gasteiger partial charge on any atom is 0.283 e. The van der Waals surface area contributed by atoms with Crippen molar-refractivity contribution in [1.29, 1.82) is 0 Å². The summed E-state index contributed by atoms with van der Waals surface area (Å²) in [6.45, 7) is 0. The lowest BCUT2D eigenvalue weighted by molar-refractivity contribution is 0.845. The molecule has 0 unspecified atom stereocenters. The Bertz CT molecular complexity index is 523. The zero-order valence-electron chi connectivity index (χ0n) is 7.48. The fraction of sp³-hybridized carbons (Fsp3) is 0.250. The molecule has 5 heteroatoms. The summed E-state index contributed by atoms with van der Waals surface area (Å²) in [5.74, 6) is 0.235. The fourth-order valence-corrected chi connectivity index (χ4v) is 1.45. The number of anilines is 1. The van der Waals surface area contributed by atoms with Crippen LogP contribution in [-0.2, 0) is 14.1 Å². The van der Waals surface area contributed by atoms with Gasteiger partial charge in [-0.15, -0.1) is 0 Å². The fourth-order valence-electron chi connectivity index (χ4n) is 1.45. The van der Waals surface area contributed by atoms with Gasteiger partial charge in [-0.25, -0.2) is 0 Å². The third kappa shape index (κ3) is 0.932. The van der Waals surface area contributed by atoms with E-state index in [1.165, 1.54) is 0 Å². The summed E-state index contributed by atoms with van der Waals surface area (Å²) in [7, 11) is 3.64. The molecule has 2 N–H and O–H groups in total. The smallest absolute Gasteiger partial charge is 0.283 e. The van der Waals surface area contributed by atoms with Crippen molar-refractivity contribution in [2.45, 2.75) is 0 Å². The van der Waals surface area contributed by atoms with Gasteiger partial charge in [-0.1, -0.05) is 0 Å². The van der Waals surface area contributed by atoms with Crippen molar-refractivity contribution in [3.63, 3.8) is 0 Å². The largest absolute Gasteiger partial charge is 0.369 e. The van der Waals surface area contributed by atoms with Gasteiger partial charge in [0.05, 0.1) is 5.39 Å². The molecular weight excluding hydrogens is 168 g/mol. The molecule has 5 nitrogen and oxygen atoms in total. The molecule has 2 aromatic heterocycles. The molecule has 0 saturated carbocycles. The summed E-state index contributed by atoms with van der Waals surface area (Å²) >= 11 is 0. The molecule has 0 saturated heterocycles. The zero-order chi connectivity index (χ0) is 9.59. The van der Waals surface area contributed by atoms with Gasteiger partial charge in [0.2, 0.25) is 5.95 Å². The van der Waals surface area contributed by atoms with Gasteiger partial charge < -0.3 is 14.9 Å². The molecule has 0 aliphatic carbocycles. The van der Waals surface area contributed by atoms with E-state index in [0.29, 0.717) is 5.39 Å². The van der Waals surface area contributed by atoms with Gasteiger partial charge >= 0.3 is 0 Å². The lowest BCUT2D eigenvalue weighted by Crippen LogP contribution is -2.16. The number of nitrogens with two attached hydrogens (primary N) is 1. The van der Waals surface area contributed by atoms with E-state index in [9.17, 15) is 4.79 Å². The first kappa shape index (κ1) is 7.85. The molecule has 2 rings (SSSR count). The second-order valence-electron chi connectivity index (χ2n) is 3.00. The minimum atomic E-state index is -0.272. The normalized spacial score (nSPS) is 10.9. The Labute approximate surface area is 74.4 Å². The third-order valence-corrected chi connectivity index (χ3v) is 2.15. The van der Waals surface area contributed by atoms with Gasteiger partial charge in [-0.3, -0.25) is 4.79 Å². The Morgan fingerprint density at radius 3 is 2.85 bits per heavy atom. The van der Waals surface area contributed by atoms with Gasteiger partial charge in [0, 0.05) is 20.3 Å². The van der Waals surface area contributed by atoms with Crippen LogP contribution in [0.3, 0.4) is 0 Å². The van der Waals surface area contributed by atoms with E-state index >= 15 is 0 Å². The molecule has 0 atom stereocenters. The van der Waals surface area contributed by atoms with Gasteiger partial charge in [-0.05, 0) is 6.07 Å². The van der Waals surface area contributed by atoms with Crippen molar-refractivity contribution in [3.05, 3.63) is 22.6 Å². The highest BCUT2D eigenvalue weighted by atomic mass is 16.1. The number of aromatic nitrogens is 3. The Balaban J connectivity index is 3.10. The number of aryl methyl sites for hydroxylation is 2. The van der Waals surface area contributed by atoms with Crippen LogP contribution in [0, 0.1) is 0 Å². The van der Waals surface area contributed by atoms with Crippen LogP contribution >= 0.6 is 0 Å². The Morgan fingerprint density at radius 1 is 1.46 bits per heavy atom. The second-order valence-corrected chi connectivity index (χ2v) is 3.00. The summed E-state index contributed by atoms with van der Waals surface area (Å²) in [6.07, 6.45) is 1.81. The number of fused-ring (bicyclic) bond motifs is 1.